The second-order valence-electron chi connectivity index (χ2n) is 6.48. The van der Waals surface area contributed by atoms with Gasteiger partial charge in [0.25, 0.3) is 0 Å². The van der Waals surface area contributed by atoms with Gasteiger partial charge in [0.2, 0.25) is 5.91 Å². The summed E-state index contributed by atoms with van der Waals surface area (Å²) < 4.78 is 10.6. The number of carbonyl (C=O) groups excluding carboxylic acids is 2. The van der Waals surface area contributed by atoms with Crippen molar-refractivity contribution in [2.45, 2.75) is 45.4 Å². The van der Waals surface area contributed by atoms with Crippen molar-refractivity contribution in [1.82, 2.24) is 4.90 Å². The number of hydrogen-bond acceptors (Lipinski definition) is 4. The first kappa shape index (κ1) is 19.0. The standard InChI is InChI=1S/C20H27NO4/c1-14(22)21(3)13-18(16-8-6-5-7-9-16)17-10-11-19(24-4)20(12-17)25-15(2)23/h8,10-12,18H,5-7,9,13H2,1-4H3. The third-order valence-corrected chi connectivity index (χ3v) is 4.61. The molecule has 1 aliphatic rings. The molecule has 1 aromatic carbocycles. The molecular formula is C20H27NO4. The van der Waals surface area contributed by atoms with E-state index in [1.165, 1.54) is 25.3 Å². The van der Waals surface area contributed by atoms with Gasteiger partial charge in [0, 0.05) is 33.4 Å². The SMILES string of the molecule is COc1ccc(C(CN(C)C(C)=O)C2=CCCCC2)cc1OC(C)=O. The summed E-state index contributed by atoms with van der Waals surface area (Å²) in [5, 5.41) is 0. The van der Waals surface area contributed by atoms with Crippen molar-refractivity contribution in [3.8, 4) is 11.5 Å². The number of carbonyl (C=O) groups is 2. The van der Waals surface area contributed by atoms with Gasteiger partial charge in [0.1, 0.15) is 0 Å². The molecule has 0 radical (unpaired) electrons. The van der Waals surface area contributed by atoms with Crippen molar-refractivity contribution < 1.29 is 19.1 Å². The van der Waals surface area contributed by atoms with E-state index in [0.717, 1.165) is 18.4 Å². The summed E-state index contributed by atoms with van der Waals surface area (Å²) >= 11 is 0. The highest BCUT2D eigenvalue weighted by molar-refractivity contribution is 5.73. The highest BCUT2D eigenvalue weighted by Gasteiger charge is 2.23. The van der Waals surface area contributed by atoms with Gasteiger partial charge < -0.3 is 14.4 Å². The predicted octanol–water partition coefficient (Wildman–Crippen LogP) is 3.68. The molecule has 0 spiro atoms. The molecule has 1 aliphatic carbocycles. The lowest BCUT2D eigenvalue weighted by Gasteiger charge is -2.28. The van der Waals surface area contributed by atoms with Crippen molar-refractivity contribution in [3.63, 3.8) is 0 Å². The van der Waals surface area contributed by atoms with E-state index in [2.05, 4.69) is 6.08 Å². The van der Waals surface area contributed by atoms with Gasteiger partial charge in [-0.3, -0.25) is 9.59 Å². The second kappa shape index (κ2) is 8.70. The number of amides is 1. The smallest absolute Gasteiger partial charge is 0.308 e. The van der Waals surface area contributed by atoms with Gasteiger partial charge >= 0.3 is 5.97 Å². The number of benzene rings is 1. The number of esters is 1. The normalized spacial score (nSPS) is 15.1. The van der Waals surface area contributed by atoms with E-state index in [0.29, 0.717) is 18.0 Å². The van der Waals surface area contributed by atoms with E-state index in [1.807, 2.05) is 25.2 Å². The summed E-state index contributed by atoms with van der Waals surface area (Å²) in [6.45, 7) is 3.55. The average molecular weight is 345 g/mol. The van der Waals surface area contributed by atoms with Crippen LogP contribution in [0.1, 0.15) is 51.0 Å². The number of methoxy groups -OCH3 is 1. The first-order valence-electron chi connectivity index (χ1n) is 8.69. The van der Waals surface area contributed by atoms with Crippen LogP contribution in [0.2, 0.25) is 0 Å². The molecule has 5 heteroatoms. The van der Waals surface area contributed by atoms with Crippen LogP contribution in [0.3, 0.4) is 0 Å². The molecule has 0 heterocycles. The third kappa shape index (κ3) is 5.08. The number of allylic oxidation sites excluding steroid dienone is 1. The van der Waals surface area contributed by atoms with E-state index in [4.69, 9.17) is 9.47 Å². The van der Waals surface area contributed by atoms with E-state index in [-0.39, 0.29) is 17.8 Å². The zero-order chi connectivity index (χ0) is 18.4. The van der Waals surface area contributed by atoms with Crippen LogP contribution < -0.4 is 9.47 Å². The van der Waals surface area contributed by atoms with E-state index in [1.54, 1.807) is 18.9 Å². The molecule has 0 saturated carbocycles. The lowest BCUT2D eigenvalue weighted by atomic mass is 9.84. The number of rotatable bonds is 6. The maximum Gasteiger partial charge on any atom is 0.308 e. The fourth-order valence-electron chi connectivity index (χ4n) is 3.16. The van der Waals surface area contributed by atoms with Crippen LogP contribution >= 0.6 is 0 Å². The summed E-state index contributed by atoms with van der Waals surface area (Å²) in [5.74, 6) is 0.684. The summed E-state index contributed by atoms with van der Waals surface area (Å²) in [7, 11) is 3.36. The Morgan fingerprint density at radius 2 is 1.96 bits per heavy atom. The van der Waals surface area contributed by atoms with E-state index < -0.39 is 0 Å². The van der Waals surface area contributed by atoms with Crippen LogP contribution in [0.15, 0.2) is 29.8 Å². The van der Waals surface area contributed by atoms with E-state index >= 15 is 0 Å². The highest BCUT2D eigenvalue weighted by atomic mass is 16.6. The van der Waals surface area contributed by atoms with Crippen LogP contribution in [0.4, 0.5) is 0 Å². The van der Waals surface area contributed by atoms with Gasteiger partial charge in [0.05, 0.1) is 7.11 Å². The lowest BCUT2D eigenvalue weighted by Crippen LogP contribution is -2.30. The second-order valence-corrected chi connectivity index (χ2v) is 6.48. The molecule has 0 aliphatic heterocycles. The highest BCUT2D eigenvalue weighted by Crippen LogP contribution is 2.37. The molecule has 136 valence electrons. The Hall–Kier alpha value is -2.30. The summed E-state index contributed by atoms with van der Waals surface area (Å²) in [5.41, 5.74) is 2.37. The molecule has 0 bridgehead atoms. The van der Waals surface area contributed by atoms with Crippen molar-refractivity contribution in [3.05, 3.63) is 35.4 Å². The van der Waals surface area contributed by atoms with Crippen LogP contribution in [-0.2, 0) is 9.59 Å². The first-order chi connectivity index (χ1) is 11.9. The van der Waals surface area contributed by atoms with E-state index in [9.17, 15) is 9.59 Å². The molecule has 0 N–H and O–H groups in total. The fraction of sp³-hybridized carbons (Fsp3) is 0.500. The Morgan fingerprint density at radius 3 is 2.52 bits per heavy atom. The van der Waals surface area contributed by atoms with Gasteiger partial charge in [0.15, 0.2) is 11.5 Å². The Labute approximate surface area is 149 Å². The quantitative estimate of drug-likeness (QED) is 0.448. The molecule has 5 nitrogen and oxygen atoms in total. The van der Waals surface area contributed by atoms with Crippen LogP contribution in [-0.4, -0.2) is 37.5 Å². The Kier molecular flexibility index (Phi) is 6.62. The Morgan fingerprint density at radius 1 is 1.20 bits per heavy atom. The zero-order valence-corrected chi connectivity index (χ0v) is 15.5. The number of ether oxygens (including phenoxy) is 2. The van der Waals surface area contributed by atoms with Gasteiger partial charge in [-0.2, -0.15) is 0 Å². The predicted molar refractivity (Wildman–Crippen MR) is 96.9 cm³/mol. The Balaban J connectivity index is 2.40. The summed E-state index contributed by atoms with van der Waals surface area (Å²) in [6, 6.07) is 5.66. The molecule has 1 unspecified atom stereocenters. The van der Waals surface area contributed by atoms with Crippen molar-refractivity contribution in [2.24, 2.45) is 0 Å². The van der Waals surface area contributed by atoms with Gasteiger partial charge in [-0.15, -0.1) is 0 Å². The number of nitrogens with zero attached hydrogens (tertiary/aromatic N) is 1. The van der Waals surface area contributed by atoms with Crippen molar-refractivity contribution >= 4 is 11.9 Å². The molecule has 25 heavy (non-hydrogen) atoms. The topological polar surface area (TPSA) is 55.8 Å². The van der Waals surface area contributed by atoms with Gasteiger partial charge in [-0.1, -0.05) is 17.7 Å². The summed E-state index contributed by atoms with van der Waals surface area (Å²) in [4.78, 5) is 24.8. The molecular weight excluding hydrogens is 318 g/mol. The molecule has 1 amide bonds. The molecule has 0 saturated heterocycles. The van der Waals surface area contributed by atoms with Crippen molar-refractivity contribution in [1.29, 1.82) is 0 Å². The monoisotopic (exact) mass is 345 g/mol. The minimum Gasteiger partial charge on any atom is -0.493 e. The van der Waals surface area contributed by atoms with Gasteiger partial charge in [-0.05, 0) is 43.4 Å². The summed E-state index contributed by atoms with van der Waals surface area (Å²) in [6.07, 6.45) is 6.77. The minimum atomic E-state index is -0.385. The zero-order valence-electron chi connectivity index (χ0n) is 15.5. The van der Waals surface area contributed by atoms with Gasteiger partial charge in [-0.25, -0.2) is 0 Å². The Bertz CT molecular complexity index is 666. The van der Waals surface area contributed by atoms with Crippen LogP contribution in [0.5, 0.6) is 11.5 Å². The fourth-order valence-corrected chi connectivity index (χ4v) is 3.16. The number of hydrogen-bond donors (Lipinski definition) is 0. The largest absolute Gasteiger partial charge is 0.493 e. The average Bonchev–Trinajstić information content (AvgIpc) is 2.59. The van der Waals surface area contributed by atoms with Crippen molar-refractivity contribution in [2.75, 3.05) is 20.7 Å². The third-order valence-electron chi connectivity index (χ3n) is 4.61. The lowest BCUT2D eigenvalue weighted by molar-refractivity contribution is -0.132. The minimum absolute atomic E-state index is 0.0372. The molecule has 1 aromatic rings. The van der Waals surface area contributed by atoms with Crippen LogP contribution in [0.25, 0.3) is 0 Å². The maximum absolute atomic E-state index is 11.7. The molecule has 1 atom stereocenters. The molecule has 0 aromatic heterocycles. The molecule has 2 rings (SSSR count). The maximum atomic E-state index is 11.7. The number of likely N-dealkylation sites (N-methyl/N-ethyl adjacent to an activating group) is 1. The van der Waals surface area contributed by atoms with Crippen LogP contribution in [0, 0.1) is 0 Å². The first-order valence-corrected chi connectivity index (χ1v) is 8.69. The molecule has 0 fully saturated rings.